The van der Waals surface area contributed by atoms with Gasteiger partial charge in [0, 0.05) is 12.6 Å². The van der Waals surface area contributed by atoms with Gasteiger partial charge in [0.05, 0.1) is 4.88 Å². The van der Waals surface area contributed by atoms with E-state index in [1.54, 1.807) is 11.4 Å². The smallest absolute Gasteiger partial charge is 0.328 e. The number of amides is 1. The fourth-order valence-corrected chi connectivity index (χ4v) is 2.66. The summed E-state index contributed by atoms with van der Waals surface area (Å²) in [5.74, 6) is -1.23. The first kappa shape index (κ1) is 15.0. The van der Waals surface area contributed by atoms with Gasteiger partial charge < -0.3 is 10.4 Å². The summed E-state index contributed by atoms with van der Waals surface area (Å²) < 4.78 is 0. The third kappa shape index (κ3) is 4.03. The molecule has 0 aliphatic rings. The Morgan fingerprint density at radius 2 is 2.05 bits per heavy atom. The number of aryl methyl sites for hydroxylation is 1. The summed E-state index contributed by atoms with van der Waals surface area (Å²) in [6.07, 6.45) is 2.46. The standard InChI is InChI=1S/C16H15NO3S/c1-11-4-2-3-5-13(11)10-17-16(20)15-12(8-9-21-15)6-7-14(18)19/h2-9H,10H2,1H3,(H,17,20)(H,18,19). The van der Waals surface area contributed by atoms with E-state index in [0.717, 1.165) is 17.2 Å². The number of hydrogen-bond acceptors (Lipinski definition) is 3. The molecule has 0 aliphatic heterocycles. The van der Waals surface area contributed by atoms with Crippen LogP contribution in [0.15, 0.2) is 41.8 Å². The lowest BCUT2D eigenvalue weighted by Gasteiger charge is -2.07. The number of carbonyl (C=O) groups is 2. The molecule has 0 unspecified atom stereocenters. The van der Waals surface area contributed by atoms with Crippen LogP contribution in [0, 0.1) is 6.92 Å². The lowest BCUT2D eigenvalue weighted by atomic mass is 10.1. The van der Waals surface area contributed by atoms with Gasteiger partial charge in [-0.3, -0.25) is 4.79 Å². The van der Waals surface area contributed by atoms with Crippen LogP contribution in [0.4, 0.5) is 0 Å². The van der Waals surface area contributed by atoms with Crippen LogP contribution in [-0.4, -0.2) is 17.0 Å². The van der Waals surface area contributed by atoms with Crippen LogP contribution in [0.3, 0.4) is 0 Å². The number of thiophene rings is 1. The van der Waals surface area contributed by atoms with Crippen molar-refractivity contribution in [2.75, 3.05) is 0 Å². The van der Waals surface area contributed by atoms with Gasteiger partial charge in [0.15, 0.2) is 0 Å². The van der Waals surface area contributed by atoms with E-state index in [1.807, 2.05) is 31.2 Å². The topological polar surface area (TPSA) is 66.4 Å². The number of aliphatic carboxylic acids is 1. The summed E-state index contributed by atoms with van der Waals surface area (Å²) in [5.41, 5.74) is 2.80. The summed E-state index contributed by atoms with van der Waals surface area (Å²) in [6, 6.07) is 9.57. The highest BCUT2D eigenvalue weighted by atomic mass is 32.1. The van der Waals surface area contributed by atoms with Crippen molar-refractivity contribution >= 4 is 29.3 Å². The molecule has 0 saturated carbocycles. The number of nitrogens with one attached hydrogen (secondary N) is 1. The zero-order valence-electron chi connectivity index (χ0n) is 11.5. The first-order chi connectivity index (χ1) is 10.1. The molecular formula is C16H15NO3S. The fraction of sp³-hybridized carbons (Fsp3) is 0.125. The average molecular weight is 301 g/mol. The van der Waals surface area contributed by atoms with Crippen LogP contribution < -0.4 is 5.32 Å². The Morgan fingerprint density at radius 1 is 1.29 bits per heavy atom. The van der Waals surface area contributed by atoms with E-state index in [4.69, 9.17) is 5.11 Å². The number of carboxylic acids is 1. The number of carbonyl (C=O) groups excluding carboxylic acids is 1. The van der Waals surface area contributed by atoms with E-state index in [1.165, 1.54) is 17.4 Å². The molecule has 0 bridgehead atoms. The molecule has 1 aromatic heterocycles. The Morgan fingerprint density at radius 3 is 2.76 bits per heavy atom. The summed E-state index contributed by atoms with van der Waals surface area (Å²) in [6.45, 7) is 2.44. The van der Waals surface area contributed by atoms with Crippen molar-refractivity contribution in [3.8, 4) is 0 Å². The van der Waals surface area contributed by atoms with Crippen molar-refractivity contribution < 1.29 is 14.7 Å². The van der Waals surface area contributed by atoms with Crippen molar-refractivity contribution in [1.82, 2.24) is 5.32 Å². The van der Waals surface area contributed by atoms with Crippen molar-refractivity contribution in [3.05, 3.63) is 63.4 Å². The average Bonchev–Trinajstić information content (AvgIpc) is 2.92. The first-order valence-electron chi connectivity index (χ1n) is 6.39. The largest absolute Gasteiger partial charge is 0.478 e. The number of rotatable bonds is 5. The Labute approximate surface area is 126 Å². The molecule has 0 radical (unpaired) electrons. The molecule has 5 heteroatoms. The van der Waals surface area contributed by atoms with Crippen LogP contribution in [0.5, 0.6) is 0 Å². The van der Waals surface area contributed by atoms with E-state index >= 15 is 0 Å². The Balaban J connectivity index is 2.06. The molecule has 0 spiro atoms. The molecule has 1 aromatic carbocycles. The number of carboxylic acid groups (broad SMARTS) is 1. The molecule has 2 N–H and O–H groups in total. The maximum Gasteiger partial charge on any atom is 0.328 e. The van der Waals surface area contributed by atoms with Gasteiger partial charge in [-0.25, -0.2) is 4.79 Å². The molecule has 21 heavy (non-hydrogen) atoms. The van der Waals surface area contributed by atoms with Crippen molar-refractivity contribution in [3.63, 3.8) is 0 Å². The maximum absolute atomic E-state index is 12.2. The molecule has 0 saturated heterocycles. The molecule has 108 valence electrons. The van der Waals surface area contributed by atoms with Gasteiger partial charge in [-0.1, -0.05) is 24.3 Å². The van der Waals surface area contributed by atoms with Gasteiger partial charge in [0.2, 0.25) is 0 Å². The van der Waals surface area contributed by atoms with Crippen LogP contribution in [0.1, 0.15) is 26.4 Å². The minimum atomic E-state index is -1.03. The van der Waals surface area contributed by atoms with Crippen molar-refractivity contribution in [2.45, 2.75) is 13.5 Å². The minimum Gasteiger partial charge on any atom is -0.478 e. The predicted molar refractivity (Wildman–Crippen MR) is 83.3 cm³/mol. The third-order valence-electron chi connectivity index (χ3n) is 3.01. The van der Waals surface area contributed by atoms with E-state index in [0.29, 0.717) is 17.0 Å². The van der Waals surface area contributed by atoms with Crippen LogP contribution in [-0.2, 0) is 11.3 Å². The van der Waals surface area contributed by atoms with Gasteiger partial charge in [-0.05, 0) is 41.1 Å². The minimum absolute atomic E-state index is 0.196. The molecule has 1 amide bonds. The monoisotopic (exact) mass is 301 g/mol. The zero-order valence-corrected chi connectivity index (χ0v) is 12.3. The molecule has 0 fully saturated rings. The summed E-state index contributed by atoms with van der Waals surface area (Å²) in [7, 11) is 0. The van der Waals surface area contributed by atoms with Gasteiger partial charge in [0.1, 0.15) is 0 Å². The Bertz CT molecular complexity index is 688. The first-order valence-corrected chi connectivity index (χ1v) is 7.27. The van der Waals surface area contributed by atoms with E-state index in [9.17, 15) is 9.59 Å². The summed E-state index contributed by atoms with van der Waals surface area (Å²) in [5, 5.41) is 13.3. The van der Waals surface area contributed by atoms with Crippen LogP contribution in [0.2, 0.25) is 0 Å². The number of hydrogen-bond donors (Lipinski definition) is 2. The zero-order chi connectivity index (χ0) is 15.2. The van der Waals surface area contributed by atoms with Gasteiger partial charge in [0.25, 0.3) is 5.91 Å². The molecule has 4 nitrogen and oxygen atoms in total. The highest BCUT2D eigenvalue weighted by Gasteiger charge is 2.11. The maximum atomic E-state index is 12.2. The third-order valence-corrected chi connectivity index (χ3v) is 3.94. The molecule has 1 heterocycles. The normalized spacial score (nSPS) is 10.7. The van der Waals surface area contributed by atoms with Gasteiger partial charge in [-0.15, -0.1) is 11.3 Å². The quantitative estimate of drug-likeness (QED) is 0.834. The fourth-order valence-electron chi connectivity index (χ4n) is 1.86. The Kier molecular flexibility index (Phi) is 4.90. The Hall–Kier alpha value is -2.40. The van der Waals surface area contributed by atoms with Crippen LogP contribution in [0.25, 0.3) is 6.08 Å². The summed E-state index contributed by atoms with van der Waals surface area (Å²) >= 11 is 1.29. The van der Waals surface area contributed by atoms with E-state index < -0.39 is 5.97 Å². The highest BCUT2D eigenvalue weighted by molar-refractivity contribution is 7.12. The lowest BCUT2D eigenvalue weighted by molar-refractivity contribution is -0.131. The lowest BCUT2D eigenvalue weighted by Crippen LogP contribution is -2.22. The highest BCUT2D eigenvalue weighted by Crippen LogP contribution is 2.18. The second kappa shape index (κ2) is 6.85. The molecule has 0 atom stereocenters. The van der Waals surface area contributed by atoms with E-state index in [2.05, 4.69) is 5.32 Å². The second-order valence-corrected chi connectivity index (χ2v) is 5.40. The van der Waals surface area contributed by atoms with Crippen molar-refractivity contribution in [2.24, 2.45) is 0 Å². The molecule has 2 rings (SSSR count). The molecular weight excluding hydrogens is 286 g/mol. The summed E-state index contributed by atoms with van der Waals surface area (Å²) in [4.78, 5) is 23.2. The van der Waals surface area contributed by atoms with E-state index in [-0.39, 0.29) is 5.91 Å². The van der Waals surface area contributed by atoms with Crippen LogP contribution >= 0.6 is 11.3 Å². The molecule has 2 aromatic rings. The van der Waals surface area contributed by atoms with Gasteiger partial charge >= 0.3 is 5.97 Å². The SMILES string of the molecule is Cc1ccccc1CNC(=O)c1sccc1C=CC(=O)O. The number of benzene rings is 1. The second-order valence-electron chi connectivity index (χ2n) is 4.49. The van der Waals surface area contributed by atoms with Gasteiger partial charge in [-0.2, -0.15) is 0 Å². The van der Waals surface area contributed by atoms with Crippen molar-refractivity contribution in [1.29, 1.82) is 0 Å². The predicted octanol–water partition coefficient (Wildman–Crippen LogP) is 3.08. The molecule has 0 aliphatic carbocycles.